The van der Waals surface area contributed by atoms with Gasteiger partial charge in [-0.05, 0) is 44.8 Å². The Labute approximate surface area is 111 Å². The van der Waals surface area contributed by atoms with Crippen LogP contribution in [0.5, 0.6) is 0 Å². The molecular weight excluding hydrogens is 228 g/mol. The fourth-order valence-electron chi connectivity index (χ4n) is 1.80. The summed E-state index contributed by atoms with van der Waals surface area (Å²) in [5.74, 6) is 1.20. The van der Waals surface area contributed by atoms with Crippen molar-refractivity contribution in [1.29, 1.82) is 5.26 Å². The van der Waals surface area contributed by atoms with E-state index in [0.717, 1.165) is 12.8 Å². The summed E-state index contributed by atoms with van der Waals surface area (Å²) in [6, 6.07) is 3.05. The number of rotatable bonds is 7. The molecule has 1 aliphatic carbocycles. The molecule has 1 unspecified atom stereocenters. The van der Waals surface area contributed by atoms with Crippen molar-refractivity contribution in [2.24, 2.45) is 0 Å². The molecule has 0 heterocycles. The van der Waals surface area contributed by atoms with Gasteiger partial charge in [-0.3, -0.25) is 5.32 Å². The van der Waals surface area contributed by atoms with Crippen molar-refractivity contribution in [3.63, 3.8) is 0 Å². The lowest BCUT2D eigenvalue weighted by Gasteiger charge is -2.23. The molecule has 0 radical (unpaired) electrons. The third-order valence-electron chi connectivity index (χ3n) is 2.95. The van der Waals surface area contributed by atoms with Crippen molar-refractivity contribution in [2.75, 3.05) is 5.75 Å². The first-order chi connectivity index (χ1) is 7.85. The standard InChI is InChI=1S/C14H26N2S/c1-13(2,3)17-10-6-5-9-14(4,11-15)16-12-7-8-12/h12,16H,5-10H2,1-4H3. The molecule has 1 atom stereocenters. The van der Waals surface area contributed by atoms with E-state index < -0.39 is 0 Å². The molecule has 0 aliphatic heterocycles. The Kier molecular flexibility index (Phi) is 5.34. The van der Waals surface area contributed by atoms with E-state index in [-0.39, 0.29) is 5.54 Å². The van der Waals surface area contributed by atoms with E-state index in [1.165, 1.54) is 25.0 Å². The Bertz CT molecular complexity index is 273. The first kappa shape index (κ1) is 14.9. The zero-order chi connectivity index (χ0) is 12.9. The average Bonchev–Trinajstić information content (AvgIpc) is 2.99. The minimum atomic E-state index is -0.298. The van der Waals surface area contributed by atoms with E-state index in [1.54, 1.807) is 0 Å². The lowest BCUT2D eigenvalue weighted by molar-refractivity contribution is 0.402. The Morgan fingerprint density at radius 1 is 1.24 bits per heavy atom. The van der Waals surface area contributed by atoms with Gasteiger partial charge in [0.25, 0.3) is 0 Å². The molecule has 0 saturated heterocycles. The summed E-state index contributed by atoms with van der Waals surface area (Å²) in [6.45, 7) is 8.81. The molecule has 1 rings (SSSR count). The number of nitrogens with one attached hydrogen (secondary N) is 1. The minimum Gasteiger partial charge on any atom is -0.297 e. The van der Waals surface area contributed by atoms with Crippen molar-refractivity contribution >= 4 is 11.8 Å². The highest BCUT2D eigenvalue weighted by molar-refractivity contribution is 8.00. The van der Waals surface area contributed by atoms with Crippen LogP contribution in [0.4, 0.5) is 0 Å². The first-order valence-electron chi connectivity index (χ1n) is 6.68. The number of nitriles is 1. The minimum absolute atomic E-state index is 0.298. The van der Waals surface area contributed by atoms with Crippen LogP contribution in [0.25, 0.3) is 0 Å². The maximum absolute atomic E-state index is 9.23. The van der Waals surface area contributed by atoms with Gasteiger partial charge in [-0.2, -0.15) is 17.0 Å². The highest BCUT2D eigenvalue weighted by atomic mass is 32.2. The van der Waals surface area contributed by atoms with Gasteiger partial charge in [-0.25, -0.2) is 0 Å². The molecule has 0 aromatic heterocycles. The fourth-order valence-corrected chi connectivity index (χ4v) is 2.76. The van der Waals surface area contributed by atoms with Crippen molar-refractivity contribution in [3.8, 4) is 6.07 Å². The molecule has 0 bridgehead atoms. The molecule has 1 fully saturated rings. The number of thioether (sulfide) groups is 1. The van der Waals surface area contributed by atoms with E-state index in [1.807, 2.05) is 18.7 Å². The Morgan fingerprint density at radius 2 is 1.88 bits per heavy atom. The van der Waals surface area contributed by atoms with Gasteiger partial charge in [0, 0.05) is 10.8 Å². The highest BCUT2D eigenvalue weighted by Gasteiger charge is 2.31. The number of hydrogen-bond donors (Lipinski definition) is 1. The second-order valence-corrected chi connectivity index (χ2v) is 8.20. The van der Waals surface area contributed by atoms with Gasteiger partial charge in [0.1, 0.15) is 5.54 Å². The van der Waals surface area contributed by atoms with Crippen molar-refractivity contribution in [3.05, 3.63) is 0 Å². The molecule has 17 heavy (non-hydrogen) atoms. The number of hydrogen-bond acceptors (Lipinski definition) is 3. The van der Waals surface area contributed by atoms with Crippen LogP contribution in [-0.2, 0) is 0 Å². The molecule has 98 valence electrons. The molecule has 0 aromatic rings. The van der Waals surface area contributed by atoms with Crippen LogP contribution in [0.1, 0.15) is 59.8 Å². The molecule has 0 spiro atoms. The maximum Gasteiger partial charge on any atom is 0.104 e. The van der Waals surface area contributed by atoms with Gasteiger partial charge in [0.05, 0.1) is 6.07 Å². The third kappa shape index (κ3) is 6.95. The zero-order valence-corrected chi connectivity index (χ0v) is 12.5. The number of unbranched alkanes of at least 4 members (excludes halogenated alkanes) is 1. The highest BCUT2D eigenvalue weighted by Crippen LogP contribution is 2.27. The van der Waals surface area contributed by atoms with E-state index in [0.29, 0.717) is 10.8 Å². The lowest BCUT2D eigenvalue weighted by atomic mass is 9.96. The smallest absolute Gasteiger partial charge is 0.104 e. The molecule has 0 aromatic carbocycles. The zero-order valence-electron chi connectivity index (χ0n) is 11.7. The maximum atomic E-state index is 9.23. The summed E-state index contributed by atoms with van der Waals surface area (Å²) in [4.78, 5) is 0. The lowest BCUT2D eigenvalue weighted by Crippen LogP contribution is -2.42. The van der Waals surface area contributed by atoms with Gasteiger partial charge in [0.2, 0.25) is 0 Å². The van der Waals surface area contributed by atoms with Gasteiger partial charge in [0.15, 0.2) is 0 Å². The van der Waals surface area contributed by atoms with Crippen LogP contribution in [0.3, 0.4) is 0 Å². The van der Waals surface area contributed by atoms with Crippen LogP contribution in [0.15, 0.2) is 0 Å². The van der Waals surface area contributed by atoms with Crippen molar-refractivity contribution in [2.45, 2.75) is 76.1 Å². The van der Waals surface area contributed by atoms with E-state index in [4.69, 9.17) is 0 Å². The molecule has 3 heteroatoms. The van der Waals surface area contributed by atoms with Gasteiger partial charge < -0.3 is 0 Å². The Hall–Kier alpha value is -0.200. The summed E-state index contributed by atoms with van der Waals surface area (Å²) >= 11 is 2.01. The molecule has 2 nitrogen and oxygen atoms in total. The quantitative estimate of drug-likeness (QED) is 0.703. The topological polar surface area (TPSA) is 35.8 Å². The SMILES string of the molecule is CC(C#N)(CCCCSC(C)(C)C)NC1CC1. The Balaban J connectivity index is 2.13. The van der Waals surface area contributed by atoms with Crippen molar-refractivity contribution in [1.82, 2.24) is 5.32 Å². The predicted octanol–water partition coefficient (Wildman–Crippen LogP) is 3.72. The van der Waals surface area contributed by atoms with E-state index >= 15 is 0 Å². The fraction of sp³-hybridized carbons (Fsp3) is 0.929. The van der Waals surface area contributed by atoms with Crippen LogP contribution in [0.2, 0.25) is 0 Å². The van der Waals surface area contributed by atoms with Gasteiger partial charge >= 0.3 is 0 Å². The van der Waals surface area contributed by atoms with Crippen LogP contribution < -0.4 is 5.32 Å². The van der Waals surface area contributed by atoms with Crippen molar-refractivity contribution < 1.29 is 0 Å². The third-order valence-corrected chi connectivity index (χ3v) is 4.31. The molecule has 1 N–H and O–H groups in total. The summed E-state index contributed by atoms with van der Waals surface area (Å²) in [7, 11) is 0. The van der Waals surface area contributed by atoms with Gasteiger partial charge in [-0.15, -0.1) is 0 Å². The van der Waals surface area contributed by atoms with Crippen LogP contribution >= 0.6 is 11.8 Å². The average molecular weight is 254 g/mol. The monoisotopic (exact) mass is 254 g/mol. The summed E-state index contributed by atoms with van der Waals surface area (Å²) in [5.41, 5.74) is -0.298. The molecule has 1 aliphatic rings. The van der Waals surface area contributed by atoms with Crippen LogP contribution in [-0.4, -0.2) is 22.1 Å². The number of nitrogens with zero attached hydrogens (tertiary/aromatic N) is 1. The summed E-state index contributed by atoms with van der Waals surface area (Å²) in [6.07, 6.45) is 5.83. The summed E-state index contributed by atoms with van der Waals surface area (Å²) < 4.78 is 0.366. The van der Waals surface area contributed by atoms with Crippen LogP contribution in [0, 0.1) is 11.3 Å². The largest absolute Gasteiger partial charge is 0.297 e. The normalized spacial score (nSPS) is 19.7. The van der Waals surface area contributed by atoms with E-state index in [2.05, 4.69) is 32.2 Å². The first-order valence-corrected chi connectivity index (χ1v) is 7.66. The molecular formula is C14H26N2S. The summed E-state index contributed by atoms with van der Waals surface area (Å²) in [5, 5.41) is 12.7. The molecule has 1 saturated carbocycles. The second kappa shape index (κ2) is 6.11. The second-order valence-electron chi connectivity index (χ2n) is 6.28. The molecule has 0 amide bonds. The Morgan fingerprint density at radius 3 is 2.35 bits per heavy atom. The van der Waals surface area contributed by atoms with E-state index in [9.17, 15) is 5.26 Å². The predicted molar refractivity (Wildman–Crippen MR) is 76.2 cm³/mol. The van der Waals surface area contributed by atoms with Gasteiger partial charge in [-0.1, -0.05) is 20.8 Å².